The minimum atomic E-state index is 0.00954. The fourth-order valence-corrected chi connectivity index (χ4v) is 4.65. The van der Waals surface area contributed by atoms with E-state index < -0.39 is 0 Å². The molecule has 2 fully saturated rings. The number of hydrogen-bond donors (Lipinski definition) is 0. The van der Waals surface area contributed by atoms with Crippen LogP contribution < -0.4 is 0 Å². The van der Waals surface area contributed by atoms with Crippen LogP contribution in [-0.2, 0) is 4.79 Å². The number of likely N-dealkylation sites (tertiary alicyclic amines) is 1. The van der Waals surface area contributed by atoms with Crippen LogP contribution in [0.1, 0.15) is 47.3 Å². The number of amides is 1. The monoisotopic (exact) mass is 311 g/mol. The zero-order chi connectivity index (χ0) is 14.3. The van der Waals surface area contributed by atoms with Crippen LogP contribution in [-0.4, -0.2) is 29.2 Å². The molecule has 0 radical (unpaired) electrons. The summed E-state index contributed by atoms with van der Waals surface area (Å²) in [7, 11) is 0. The molecule has 0 aromatic carbocycles. The van der Waals surface area contributed by atoms with E-state index in [0.29, 0.717) is 22.1 Å². The molecule has 0 N–H and O–H groups in total. The Kier molecular flexibility index (Phi) is 3.87. The predicted octanol–water partition coefficient (Wildman–Crippen LogP) is 3.68. The highest BCUT2D eigenvalue weighted by Gasteiger charge is 2.40. The average Bonchev–Trinajstić information content (AvgIpc) is 3.11. The van der Waals surface area contributed by atoms with Gasteiger partial charge in [-0.1, -0.05) is 11.6 Å². The van der Waals surface area contributed by atoms with Crippen molar-refractivity contribution < 1.29 is 9.59 Å². The lowest BCUT2D eigenvalue weighted by Gasteiger charge is -2.28. The van der Waals surface area contributed by atoms with Crippen molar-refractivity contribution in [1.82, 2.24) is 4.90 Å². The fourth-order valence-electron chi connectivity index (χ4n) is 3.42. The van der Waals surface area contributed by atoms with Crippen LogP contribution in [0.25, 0.3) is 0 Å². The van der Waals surface area contributed by atoms with Gasteiger partial charge in [-0.25, -0.2) is 0 Å². The molecule has 0 bridgehead atoms. The van der Waals surface area contributed by atoms with E-state index in [9.17, 15) is 9.59 Å². The van der Waals surface area contributed by atoms with Gasteiger partial charge in [0.15, 0.2) is 0 Å². The maximum atomic E-state index is 12.7. The topological polar surface area (TPSA) is 37.4 Å². The number of carbonyl (C=O) groups is 2. The van der Waals surface area contributed by atoms with E-state index in [1.165, 1.54) is 11.3 Å². The second kappa shape index (κ2) is 5.49. The third-order valence-corrected chi connectivity index (χ3v) is 6.15. The van der Waals surface area contributed by atoms with Crippen molar-refractivity contribution in [3.8, 4) is 0 Å². The van der Waals surface area contributed by atoms with Gasteiger partial charge in [-0.2, -0.15) is 0 Å². The first-order chi connectivity index (χ1) is 9.59. The summed E-state index contributed by atoms with van der Waals surface area (Å²) >= 11 is 7.62. The first-order valence-corrected chi connectivity index (χ1v) is 8.42. The van der Waals surface area contributed by atoms with Crippen molar-refractivity contribution >= 4 is 34.6 Å². The summed E-state index contributed by atoms with van der Waals surface area (Å²) in [6.07, 6.45) is 4.53. The van der Waals surface area contributed by atoms with Crippen LogP contribution in [0.2, 0.25) is 5.02 Å². The van der Waals surface area contributed by atoms with Gasteiger partial charge in [0.1, 0.15) is 10.7 Å². The lowest BCUT2D eigenvalue weighted by Crippen LogP contribution is -2.41. The van der Waals surface area contributed by atoms with Crippen molar-refractivity contribution in [2.45, 2.75) is 45.1 Å². The standard InChI is InChI=1S/C15H18ClNO2S/c1-9-8-20-14(13(9)16)15(19)17-7-3-5-11(17)10-4-2-6-12(10)18/h8,10-11H,2-7H2,1H3. The van der Waals surface area contributed by atoms with Gasteiger partial charge in [0, 0.05) is 24.9 Å². The number of ketones is 1. The van der Waals surface area contributed by atoms with Gasteiger partial charge in [0.05, 0.1) is 5.02 Å². The highest BCUT2D eigenvalue weighted by Crippen LogP contribution is 2.36. The molecule has 2 atom stereocenters. The van der Waals surface area contributed by atoms with Gasteiger partial charge >= 0.3 is 0 Å². The van der Waals surface area contributed by atoms with E-state index >= 15 is 0 Å². The predicted molar refractivity (Wildman–Crippen MR) is 80.5 cm³/mol. The summed E-state index contributed by atoms with van der Waals surface area (Å²) in [6, 6.07) is 0.0935. The van der Waals surface area contributed by atoms with E-state index in [1.807, 2.05) is 17.2 Å². The SMILES string of the molecule is Cc1csc(C(=O)N2CCCC2C2CCCC2=O)c1Cl. The number of halogens is 1. The van der Waals surface area contributed by atoms with Crippen LogP contribution in [0.4, 0.5) is 0 Å². The molecular weight excluding hydrogens is 294 g/mol. The molecule has 3 rings (SSSR count). The molecule has 2 aliphatic rings. The molecule has 5 heteroatoms. The number of aryl methyl sites for hydroxylation is 1. The number of Topliss-reactive ketones (excluding diaryl/α,β-unsaturated/α-hetero) is 1. The van der Waals surface area contributed by atoms with Crippen LogP contribution >= 0.6 is 22.9 Å². The first-order valence-electron chi connectivity index (χ1n) is 7.17. The number of nitrogens with zero attached hydrogens (tertiary/aromatic N) is 1. The van der Waals surface area contributed by atoms with Crippen molar-refractivity contribution in [2.75, 3.05) is 6.54 Å². The molecule has 1 saturated carbocycles. The normalized spacial score (nSPS) is 26.5. The minimum Gasteiger partial charge on any atom is -0.334 e. The highest BCUT2D eigenvalue weighted by molar-refractivity contribution is 7.13. The molecule has 1 aliphatic heterocycles. The zero-order valence-electron chi connectivity index (χ0n) is 11.5. The van der Waals surface area contributed by atoms with Crippen molar-refractivity contribution in [3.63, 3.8) is 0 Å². The first kappa shape index (κ1) is 14.1. The summed E-state index contributed by atoms with van der Waals surface area (Å²) < 4.78 is 0. The summed E-state index contributed by atoms with van der Waals surface area (Å²) in [6.45, 7) is 2.66. The number of carbonyl (C=O) groups excluding carboxylic acids is 2. The molecule has 2 unspecified atom stereocenters. The number of hydrogen-bond acceptors (Lipinski definition) is 3. The molecule has 3 nitrogen and oxygen atoms in total. The van der Waals surface area contributed by atoms with Gasteiger partial charge in [-0.3, -0.25) is 9.59 Å². The Balaban J connectivity index is 1.83. The Morgan fingerprint density at radius 2 is 2.20 bits per heavy atom. The molecule has 1 amide bonds. The van der Waals surface area contributed by atoms with E-state index in [2.05, 4.69) is 0 Å². The zero-order valence-corrected chi connectivity index (χ0v) is 13.1. The van der Waals surface area contributed by atoms with Crippen molar-refractivity contribution in [3.05, 3.63) is 20.8 Å². The summed E-state index contributed by atoms with van der Waals surface area (Å²) in [4.78, 5) is 27.2. The maximum absolute atomic E-state index is 12.7. The highest BCUT2D eigenvalue weighted by atomic mass is 35.5. The Labute approximate surface area is 127 Å². The molecule has 0 spiro atoms. The molecular formula is C15H18ClNO2S. The van der Waals surface area contributed by atoms with Crippen LogP contribution in [0.15, 0.2) is 5.38 Å². The third kappa shape index (κ3) is 2.29. The maximum Gasteiger partial charge on any atom is 0.265 e. The summed E-state index contributed by atoms with van der Waals surface area (Å²) in [5.41, 5.74) is 0.952. The number of rotatable bonds is 2. The second-order valence-electron chi connectivity index (χ2n) is 5.73. The molecule has 1 aromatic heterocycles. The molecule has 1 aliphatic carbocycles. The van der Waals surface area contributed by atoms with Crippen molar-refractivity contribution in [2.24, 2.45) is 5.92 Å². The lowest BCUT2D eigenvalue weighted by molar-refractivity contribution is -0.121. The van der Waals surface area contributed by atoms with E-state index in [1.54, 1.807) is 0 Å². The average molecular weight is 312 g/mol. The smallest absolute Gasteiger partial charge is 0.265 e. The molecule has 1 saturated heterocycles. The fraction of sp³-hybridized carbons (Fsp3) is 0.600. The Hall–Kier alpha value is -0.870. The Morgan fingerprint density at radius 3 is 2.80 bits per heavy atom. The minimum absolute atomic E-state index is 0.00954. The van der Waals surface area contributed by atoms with Crippen molar-refractivity contribution in [1.29, 1.82) is 0 Å². The Morgan fingerprint density at radius 1 is 1.40 bits per heavy atom. The van der Waals surface area contributed by atoms with Crippen LogP contribution in [0, 0.1) is 12.8 Å². The number of thiophene rings is 1. The molecule has 1 aromatic rings. The van der Waals surface area contributed by atoms with Gasteiger partial charge in [0.2, 0.25) is 0 Å². The van der Waals surface area contributed by atoms with Gasteiger partial charge in [0.25, 0.3) is 5.91 Å². The van der Waals surface area contributed by atoms with Gasteiger partial charge in [-0.05, 0) is 43.6 Å². The summed E-state index contributed by atoms with van der Waals surface area (Å²) in [5, 5.41) is 2.49. The van der Waals surface area contributed by atoms with Crippen LogP contribution in [0.3, 0.4) is 0 Å². The van der Waals surface area contributed by atoms with E-state index in [4.69, 9.17) is 11.6 Å². The van der Waals surface area contributed by atoms with Gasteiger partial charge < -0.3 is 4.90 Å². The summed E-state index contributed by atoms with van der Waals surface area (Å²) in [5.74, 6) is 0.403. The Bertz CT molecular complexity index is 554. The van der Waals surface area contributed by atoms with E-state index in [0.717, 1.165) is 37.8 Å². The quantitative estimate of drug-likeness (QED) is 0.835. The largest absolute Gasteiger partial charge is 0.334 e. The molecule has 20 heavy (non-hydrogen) atoms. The second-order valence-corrected chi connectivity index (χ2v) is 6.99. The van der Waals surface area contributed by atoms with Crippen LogP contribution in [0.5, 0.6) is 0 Å². The van der Waals surface area contributed by atoms with E-state index in [-0.39, 0.29) is 17.9 Å². The van der Waals surface area contributed by atoms with Gasteiger partial charge in [-0.15, -0.1) is 11.3 Å². The lowest BCUT2D eigenvalue weighted by atomic mass is 9.95. The third-order valence-electron chi connectivity index (χ3n) is 4.47. The molecule has 108 valence electrons. The molecule has 2 heterocycles.